The first-order chi connectivity index (χ1) is 11.1. The highest BCUT2D eigenvalue weighted by Gasteiger charge is 2.13. The number of aromatic nitrogens is 3. The van der Waals surface area contributed by atoms with Crippen LogP contribution in [0.1, 0.15) is 38.1 Å². The predicted molar refractivity (Wildman–Crippen MR) is 93.0 cm³/mol. The molecule has 2 rings (SSSR count). The van der Waals surface area contributed by atoms with Crippen LogP contribution < -0.4 is 9.47 Å². The van der Waals surface area contributed by atoms with E-state index in [1.807, 2.05) is 31.4 Å². The molecule has 0 aliphatic heterocycles. The topological polar surface area (TPSA) is 61.5 Å². The second-order valence-electron chi connectivity index (χ2n) is 5.10. The number of rotatable bonds is 7. The highest BCUT2D eigenvalue weighted by molar-refractivity contribution is 7.98. The number of hydrogen-bond donors (Lipinski definition) is 0. The molecule has 0 unspecified atom stereocenters. The predicted octanol–water partition coefficient (Wildman–Crippen LogP) is 3.41. The maximum Gasteiger partial charge on any atom is 0.211 e. The van der Waals surface area contributed by atoms with Gasteiger partial charge in [0.25, 0.3) is 0 Å². The molecule has 2 aromatic rings. The lowest BCUT2D eigenvalue weighted by atomic mass is 10.2. The SMILES string of the molecule is CCOc1ccc(/C=N\n2c(SC)nnc2C(C)C)cc1OC. The molecule has 7 heteroatoms. The van der Waals surface area contributed by atoms with Crippen LogP contribution in [0.3, 0.4) is 0 Å². The van der Waals surface area contributed by atoms with Gasteiger partial charge < -0.3 is 9.47 Å². The Kier molecular flexibility index (Phi) is 6.04. The zero-order valence-corrected chi connectivity index (χ0v) is 14.9. The Morgan fingerprint density at radius 2 is 2.09 bits per heavy atom. The number of thioether (sulfide) groups is 1. The summed E-state index contributed by atoms with van der Waals surface area (Å²) in [5.41, 5.74) is 0.917. The fraction of sp³-hybridized carbons (Fsp3) is 0.438. The molecule has 0 N–H and O–H groups in total. The fourth-order valence-electron chi connectivity index (χ4n) is 2.04. The molecule has 0 amide bonds. The summed E-state index contributed by atoms with van der Waals surface area (Å²) in [5.74, 6) is 2.50. The van der Waals surface area contributed by atoms with Gasteiger partial charge in [-0.15, -0.1) is 10.2 Å². The fourth-order valence-corrected chi connectivity index (χ4v) is 2.47. The smallest absolute Gasteiger partial charge is 0.211 e. The summed E-state index contributed by atoms with van der Waals surface area (Å²) in [6, 6.07) is 5.72. The first-order valence-corrected chi connectivity index (χ1v) is 8.67. The van der Waals surface area contributed by atoms with E-state index in [0.717, 1.165) is 22.3 Å². The number of methoxy groups -OCH3 is 1. The Hall–Kier alpha value is -2.02. The zero-order valence-electron chi connectivity index (χ0n) is 14.1. The summed E-state index contributed by atoms with van der Waals surface area (Å²) < 4.78 is 12.7. The Labute approximate surface area is 140 Å². The van der Waals surface area contributed by atoms with Crippen LogP contribution in [0.15, 0.2) is 28.5 Å². The van der Waals surface area contributed by atoms with Gasteiger partial charge in [-0.25, -0.2) is 0 Å². The molecule has 0 fully saturated rings. The first kappa shape index (κ1) is 17.3. The quantitative estimate of drug-likeness (QED) is 0.573. The highest BCUT2D eigenvalue weighted by Crippen LogP contribution is 2.27. The number of nitrogens with zero attached hydrogens (tertiary/aromatic N) is 4. The summed E-state index contributed by atoms with van der Waals surface area (Å²) in [6.45, 7) is 6.68. The van der Waals surface area contributed by atoms with Crippen molar-refractivity contribution in [3.05, 3.63) is 29.6 Å². The maximum absolute atomic E-state index is 5.52. The van der Waals surface area contributed by atoms with Gasteiger partial charge in [-0.3, -0.25) is 0 Å². The van der Waals surface area contributed by atoms with Crippen LogP contribution in [-0.2, 0) is 0 Å². The lowest BCUT2D eigenvalue weighted by Gasteiger charge is -2.09. The molecule has 124 valence electrons. The van der Waals surface area contributed by atoms with Crippen molar-refractivity contribution in [2.45, 2.75) is 31.8 Å². The van der Waals surface area contributed by atoms with Crippen molar-refractivity contribution < 1.29 is 9.47 Å². The molecular weight excluding hydrogens is 312 g/mol. The van der Waals surface area contributed by atoms with E-state index in [0.29, 0.717) is 12.4 Å². The van der Waals surface area contributed by atoms with E-state index < -0.39 is 0 Å². The van der Waals surface area contributed by atoms with Crippen LogP contribution >= 0.6 is 11.8 Å². The van der Waals surface area contributed by atoms with Gasteiger partial charge in [-0.2, -0.15) is 9.78 Å². The summed E-state index contributed by atoms with van der Waals surface area (Å²) in [7, 11) is 1.63. The molecular formula is C16H22N4O2S. The minimum Gasteiger partial charge on any atom is -0.493 e. The minimum absolute atomic E-state index is 0.246. The van der Waals surface area contributed by atoms with Crippen LogP contribution in [0.2, 0.25) is 0 Å². The van der Waals surface area contributed by atoms with Crippen molar-refractivity contribution in [2.75, 3.05) is 20.0 Å². The van der Waals surface area contributed by atoms with Crippen LogP contribution in [0, 0.1) is 0 Å². The molecule has 6 nitrogen and oxygen atoms in total. The summed E-state index contributed by atoms with van der Waals surface area (Å²) >= 11 is 1.52. The molecule has 0 saturated carbocycles. The van der Waals surface area contributed by atoms with Crippen LogP contribution in [-0.4, -0.2) is 41.1 Å². The highest BCUT2D eigenvalue weighted by atomic mass is 32.2. The average molecular weight is 334 g/mol. The molecule has 1 aromatic heterocycles. The van der Waals surface area contributed by atoms with Gasteiger partial charge in [0.2, 0.25) is 5.16 Å². The Bertz CT molecular complexity index is 683. The molecule has 1 aromatic carbocycles. The molecule has 1 heterocycles. The first-order valence-electron chi connectivity index (χ1n) is 7.45. The van der Waals surface area contributed by atoms with Crippen LogP contribution in [0.4, 0.5) is 0 Å². The van der Waals surface area contributed by atoms with E-state index >= 15 is 0 Å². The summed E-state index contributed by atoms with van der Waals surface area (Å²) in [6.07, 6.45) is 3.73. The molecule has 0 saturated heterocycles. The third-order valence-electron chi connectivity index (χ3n) is 3.14. The Balaban J connectivity index is 2.32. The van der Waals surface area contributed by atoms with Gasteiger partial charge in [-0.1, -0.05) is 25.6 Å². The van der Waals surface area contributed by atoms with Gasteiger partial charge in [-0.05, 0) is 36.9 Å². The van der Waals surface area contributed by atoms with Crippen molar-refractivity contribution in [1.82, 2.24) is 14.9 Å². The Morgan fingerprint density at radius 3 is 2.70 bits per heavy atom. The maximum atomic E-state index is 5.52. The molecule has 0 aliphatic carbocycles. The lowest BCUT2D eigenvalue weighted by molar-refractivity contribution is 0.311. The van der Waals surface area contributed by atoms with Crippen LogP contribution in [0.25, 0.3) is 0 Å². The van der Waals surface area contributed by atoms with Gasteiger partial charge >= 0.3 is 0 Å². The molecule has 23 heavy (non-hydrogen) atoms. The van der Waals surface area contributed by atoms with Crippen molar-refractivity contribution in [1.29, 1.82) is 0 Å². The molecule has 0 radical (unpaired) electrons. The summed E-state index contributed by atoms with van der Waals surface area (Å²) in [4.78, 5) is 0. The van der Waals surface area contributed by atoms with Gasteiger partial charge in [0.05, 0.1) is 19.9 Å². The van der Waals surface area contributed by atoms with Gasteiger partial charge in [0.15, 0.2) is 17.3 Å². The van der Waals surface area contributed by atoms with E-state index in [9.17, 15) is 0 Å². The van der Waals surface area contributed by atoms with Gasteiger partial charge in [0, 0.05) is 5.92 Å². The average Bonchev–Trinajstić information content (AvgIpc) is 2.97. The standard InChI is InChI=1S/C16H22N4O2S/c1-6-22-13-8-7-12(9-14(13)21-4)10-17-20-15(11(2)3)18-19-16(20)23-5/h7-11H,6H2,1-5H3/b17-10-. The largest absolute Gasteiger partial charge is 0.493 e. The number of benzene rings is 1. The zero-order chi connectivity index (χ0) is 16.8. The van der Waals surface area contributed by atoms with Crippen molar-refractivity contribution >= 4 is 18.0 Å². The monoisotopic (exact) mass is 334 g/mol. The van der Waals surface area contributed by atoms with Crippen molar-refractivity contribution in [3.8, 4) is 11.5 Å². The molecule has 0 aliphatic rings. The minimum atomic E-state index is 0.246. The number of hydrogen-bond acceptors (Lipinski definition) is 6. The molecule has 0 bridgehead atoms. The van der Waals surface area contributed by atoms with E-state index in [-0.39, 0.29) is 5.92 Å². The van der Waals surface area contributed by atoms with Crippen LogP contribution in [0.5, 0.6) is 11.5 Å². The molecule has 0 atom stereocenters. The van der Waals surface area contributed by atoms with E-state index in [1.165, 1.54) is 11.8 Å². The van der Waals surface area contributed by atoms with Gasteiger partial charge in [0.1, 0.15) is 0 Å². The lowest BCUT2D eigenvalue weighted by Crippen LogP contribution is -2.02. The van der Waals surface area contributed by atoms with Crippen molar-refractivity contribution in [2.24, 2.45) is 5.10 Å². The number of ether oxygens (including phenoxy) is 2. The van der Waals surface area contributed by atoms with Crippen molar-refractivity contribution in [3.63, 3.8) is 0 Å². The molecule has 0 spiro atoms. The Morgan fingerprint density at radius 1 is 1.30 bits per heavy atom. The second kappa shape index (κ2) is 8.01. The third kappa shape index (κ3) is 4.04. The van der Waals surface area contributed by atoms with E-state index in [4.69, 9.17) is 9.47 Å². The van der Waals surface area contributed by atoms with E-state index in [2.05, 4.69) is 29.1 Å². The normalized spacial score (nSPS) is 11.4. The summed E-state index contributed by atoms with van der Waals surface area (Å²) in [5, 5.41) is 13.7. The van der Waals surface area contributed by atoms with E-state index in [1.54, 1.807) is 18.0 Å². The third-order valence-corrected chi connectivity index (χ3v) is 3.76. The second-order valence-corrected chi connectivity index (χ2v) is 5.87.